The Morgan fingerprint density at radius 1 is 1.77 bits per heavy atom. The van der Waals surface area contributed by atoms with Gasteiger partial charge in [-0.1, -0.05) is 0 Å². The highest BCUT2D eigenvalue weighted by atomic mass is 16.1. The summed E-state index contributed by atoms with van der Waals surface area (Å²) in [5, 5.41) is 5.81. The van der Waals surface area contributed by atoms with Gasteiger partial charge in [0, 0.05) is 13.1 Å². The average molecular weight is 182 g/mol. The Morgan fingerprint density at radius 2 is 2.46 bits per heavy atom. The number of hydrogen-bond acceptors (Lipinski definition) is 4. The van der Waals surface area contributed by atoms with E-state index in [1.807, 2.05) is 0 Å². The van der Waals surface area contributed by atoms with Gasteiger partial charge in [0.15, 0.2) is 0 Å². The summed E-state index contributed by atoms with van der Waals surface area (Å²) < 4.78 is 0. The van der Waals surface area contributed by atoms with Gasteiger partial charge in [-0.25, -0.2) is 5.10 Å². The first-order valence-electron chi connectivity index (χ1n) is 3.64. The first kappa shape index (κ1) is 9.24. The third-order valence-electron chi connectivity index (χ3n) is 1.48. The highest BCUT2D eigenvalue weighted by molar-refractivity contribution is 5.79. The Hall–Kier alpha value is -1.85. The molecule has 0 spiro atoms. The second-order valence-electron chi connectivity index (χ2n) is 2.63. The number of aromatic amines is 1. The van der Waals surface area contributed by atoms with Gasteiger partial charge in [-0.2, -0.15) is 5.10 Å². The summed E-state index contributed by atoms with van der Waals surface area (Å²) in [6, 6.07) is 1.34. The van der Waals surface area contributed by atoms with Crippen LogP contribution in [0.1, 0.15) is 0 Å². The topological polar surface area (TPSA) is 92.1 Å². The van der Waals surface area contributed by atoms with E-state index >= 15 is 0 Å². The highest BCUT2D eigenvalue weighted by Crippen LogP contribution is 2.04. The van der Waals surface area contributed by atoms with Crippen LogP contribution in [0.4, 0.5) is 5.69 Å². The molecule has 1 heterocycles. The predicted octanol–water partition coefficient (Wildman–Crippen LogP) is -1.31. The predicted molar refractivity (Wildman–Crippen MR) is 47.3 cm³/mol. The van der Waals surface area contributed by atoms with E-state index in [4.69, 9.17) is 5.73 Å². The van der Waals surface area contributed by atoms with E-state index in [1.54, 1.807) is 11.9 Å². The smallest absolute Gasteiger partial charge is 0.266 e. The van der Waals surface area contributed by atoms with E-state index in [1.165, 1.54) is 12.3 Å². The monoisotopic (exact) mass is 182 g/mol. The fourth-order valence-electron chi connectivity index (χ4n) is 0.900. The minimum atomic E-state index is -0.456. The Morgan fingerprint density at radius 3 is 3.00 bits per heavy atom. The van der Waals surface area contributed by atoms with E-state index in [9.17, 15) is 9.59 Å². The third-order valence-corrected chi connectivity index (χ3v) is 1.48. The molecule has 3 N–H and O–H groups in total. The Bertz CT molecular complexity index is 360. The lowest BCUT2D eigenvalue weighted by Crippen LogP contribution is -2.31. The molecule has 0 unspecified atom stereocenters. The van der Waals surface area contributed by atoms with Gasteiger partial charge >= 0.3 is 0 Å². The number of nitrogens with one attached hydrogen (secondary N) is 1. The third kappa shape index (κ3) is 2.58. The van der Waals surface area contributed by atoms with Gasteiger partial charge in [-0.15, -0.1) is 0 Å². The zero-order chi connectivity index (χ0) is 9.84. The van der Waals surface area contributed by atoms with Crippen molar-refractivity contribution in [1.82, 2.24) is 10.2 Å². The number of H-pyrrole nitrogens is 1. The molecule has 0 bridgehead atoms. The van der Waals surface area contributed by atoms with Gasteiger partial charge in [-0.05, 0) is 0 Å². The van der Waals surface area contributed by atoms with Crippen molar-refractivity contribution in [2.75, 3.05) is 18.5 Å². The van der Waals surface area contributed by atoms with Crippen LogP contribution < -0.4 is 16.2 Å². The number of rotatable bonds is 3. The molecule has 0 radical (unpaired) electrons. The Labute approximate surface area is 74.4 Å². The van der Waals surface area contributed by atoms with Crippen LogP contribution in [-0.2, 0) is 4.79 Å². The van der Waals surface area contributed by atoms with Crippen molar-refractivity contribution in [1.29, 1.82) is 0 Å². The molecule has 1 aromatic rings. The van der Waals surface area contributed by atoms with Crippen molar-refractivity contribution in [2.24, 2.45) is 5.73 Å². The normalized spacial score (nSPS) is 9.62. The molecule has 6 heteroatoms. The lowest BCUT2D eigenvalue weighted by molar-refractivity contribution is -0.116. The van der Waals surface area contributed by atoms with Gasteiger partial charge in [-0.3, -0.25) is 9.59 Å². The maximum atomic E-state index is 10.8. The first-order valence-corrected chi connectivity index (χ1v) is 3.64. The molecule has 0 aliphatic heterocycles. The largest absolute Gasteiger partial charge is 0.368 e. The number of primary amides is 1. The number of nitrogens with two attached hydrogens (primary N) is 1. The van der Waals surface area contributed by atoms with Crippen LogP contribution in [0, 0.1) is 0 Å². The lowest BCUT2D eigenvalue weighted by atomic mass is 10.4. The Kier molecular flexibility index (Phi) is 2.63. The van der Waals surface area contributed by atoms with E-state index in [2.05, 4.69) is 10.2 Å². The van der Waals surface area contributed by atoms with Crippen molar-refractivity contribution >= 4 is 11.6 Å². The van der Waals surface area contributed by atoms with Crippen molar-refractivity contribution in [3.05, 3.63) is 22.6 Å². The van der Waals surface area contributed by atoms with Gasteiger partial charge in [0.05, 0.1) is 18.4 Å². The van der Waals surface area contributed by atoms with Crippen LogP contribution in [0.5, 0.6) is 0 Å². The summed E-state index contributed by atoms with van der Waals surface area (Å²) in [4.78, 5) is 22.9. The number of anilines is 1. The number of carbonyl (C=O) groups excluding carboxylic acids is 1. The molecule has 0 fully saturated rings. The zero-order valence-electron chi connectivity index (χ0n) is 7.15. The lowest BCUT2D eigenvalue weighted by Gasteiger charge is -2.15. The number of aromatic nitrogens is 2. The van der Waals surface area contributed by atoms with E-state index in [0.29, 0.717) is 5.69 Å². The molecule has 1 amide bonds. The van der Waals surface area contributed by atoms with Crippen LogP contribution in [0.2, 0.25) is 0 Å². The summed E-state index contributed by atoms with van der Waals surface area (Å²) in [7, 11) is 1.65. The molecule has 1 aromatic heterocycles. The van der Waals surface area contributed by atoms with Crippen LogP contribution >= 0.6 is 0 Å². The molecular formula is C7H10N4O2. The number of nitrogens with zero attached hydrogens (tertiary/aromatic N) is 2. The molecule has 0 saturated carbocycles. The molecule has 6 nitrogen and oxygen atoms in total. The molecule has 0 saturated heterocycles. The van der Waals surface area contributed by atoms with Gasteiger partial charge in [0.25, 0.3) is 5.56 Å². The minimum absolute atomic E-state index is 0.0606. The fourth-order valence-corrected chi connectivity index (χ4v) is 0.900. The zero-order valence-corrected chi connectivity index (χ0v) is 7.15. The summed E-state index contributed by atoms with van der Waals surface area (Å²) in [6.45, 7) is 0.0606. The standard InChI is InChI=1S/C7H10N4O2/c1-11(4-6(8)12)5-2-7(13)10-9-3-5/h2-3H,4H2,1H3,(H2,8,12)(H,10,13). The summed E-state index contributed by atoms with van der Waals surface area (Å²) in [6.07, 6.45) is 1.45. The molecule has 0 aliphatic carbocycles. The second-order valence-corrected chi connectivity index (χ2v) is 2.63. The van der Waals surface area contributed by atoms with E-state index in [0.717, 1.165) is 0 Å². The number of hydrogen-bond donors (Lipinski definition) is 2. The molecule has 13 heavy (non-hydrogen) atoms. The summed E-state index contributed by atoms with van der Waals surface area (Å²) in [5.41, 5.74) is 5.23. The Balaban J connectivity index is 2.82. The second kappa shape index (κ2) is 3.70. The maximum absolute atomic E-state index is 10.8. The quantitative estimate of drug-likeness (QED) is 0.607. The van der Waals surface area contributed by atoms with Crippen LogP contribution in [0.3, 0.4) is 0 Å². The fraction of sp³-hybridized carbons (Fsp3) is 0.286. The number of amides is 1. The van der Waals surface area contributed by atoms with Crippen molar-refractivity contribution < 1.29 is 4.79 Å². The number of likely N-dealkylation sites (N-methyl/N-ethyl adjacent to an activating group) is 1. The molecule has 70 valence electrons. The van der Waals surface area contributed by atoms with Crippen LogP contribution in [0.15, 0.2) is 17.1 Å². The van der Waals surface area contributed by atoms with Crippen LogP contribution in [0.25, 0.3) is 0 Å². The van der Waals surface area contributed by atoms with Gasteiger partial charge in [0.1, 0.15) is 0 Å². The van der Waals surface area contributed by atoms with Crippen molar-refractivity contribution in [3.63, 3.8) is 0 Å². The molecule has 0 atom stereocenters. The molecule has 0 aromatic carbocycles. The average Bonchev–Trinajstić information content (AvgIpc) is 2.03. The maximum Gasteiger partial charge on any atom is 0.266 e. The first-order chi connectivity index (χ1) is 6.09. The molecular weight excluding hydrogens is 172 g/mol. The van der Waals surface area contributed by atoms with Gasteiger partial charge in [0.2, 0.25) is 5.91 Å². The van der Waals surface area contributed by atoms with E-state index in [-0.39, 0.29) is 12.1 Å². The van der Waals surface area contributed by atoms with Gasteiger partial charge < -0.3 is 10.6 Å². The summed E-state index contributed by atoms with van der Waals surface area (Å²) >= 11 is 0. The van der Waals surface area contributed by atoms with Crippen molar-refractivity contribution in [3.8, 4) is 0 Å². The SMILES string of the molecule is CN(CC(N)=O)c1cn[nH]c(=O)c1. The minimum Gasteiger partial charge on any atom is -0.368 e. The van der Waals surface area contributed by atoms with E-state index < -0.39 is 5.91 Å². The van der Waals surface area contributed by atoms with Crippen LogP contribution in [-0.4, -0.2) is 29.7 Å². The van der Waals surface area contributed by atoms with Crippen molar-refractivity contribution in [2.45, 2.75) is 0 Å². The summed E-state index contributed by atoms with van der Waals surface area (Å²) in [5.74, 6) is -0.456. The highest BCUT2D eigenvalue weighted by Gasteiger charge is 2.04. The molecule has 1 rings (SSSR count). The molecule has 0 aliphatic rings. The number of carbonyl (C=O) groups is 1.